The number of nitrogens with two attached hydrogens (primary N) is 1. The highest BCUT2D eigenvalue weighted by molar-refractivity contribution is 6.34. The number of hydrogen-bond acceptors (Lipinski definition) is 4. The Kier molecular flexibility index (Phi) is 5.04. The number of esters is 1. The zero-order valence-corrected chi connectivity index (χ0v) is 9.74. The molecule has 0 heterocycles. The molecule has 98 valence electrons. The lowest BCUT2D eigenvalue weighted by Crippen LogP contribution is -2.28. The minimum absolute atomic E-state index is 0.0791. The number of amidine groups is 1. The van der Waals surface area contributed by atoms with Crippen LogP contribution in [0.2, 0.25) is 0 Å². The van der Waals surface area contributed by atoms with Crippen LogP contribution >= 0.6 is 0 Å². The van der Waals surface area contributed by atoms with Gasteiger partial charge in [0, 0.05) is 5.56 Å². The van der Waals surface area contributed by atoms with Crippen LogP contribution in [0.25, 0.3) is 0 Å². The monoisotopic (exact) mass is 257 g/mol. The molecule has 3 N–H and O–H groups in total. The van der Waals surface area contributed by atoms with Crippen molar-refractivity contribution in [1.82, 2.24) is 5.43 Å². The summed E-state index contributed by atoms with van der Waals surface area (Å²) in [5.41, 5.74) is 7.72. The van der Waals surface area contributed by atoms with Gasteiger partial charge in [0.25, 0.3) is 0 Å². The van der Waals surface area contributed by atoms with Crippen molar-refractivity contribution in [3.8, 4) is 0 Å². The smallest absolute Gasteiger partial charge is 0.375 e. The van der Waals surface area contributed by atoms with Gasteiger partial charge in [-0.25, -0.2) is 13.6 Å². The van der Waals surface area contributed by atoms with Crippen molar-refractivity contribution in [3.05, 3.63) is 35.4 Å². The van der Waals surface area contributed by atoms with E-state index in [1.54, 1.807) is 6.92 Å². The van der Waals surface area contributed by atoms with Gasteiger partial charge in [-0.3, -0.25) is 0 Å². The molecule has 0 saturated heterocycles. The van der Waals surface area contributed by atoms with Crippen LogP contribution in [-0.2, 0) is 16.1 Å². The van der Waals surface area contributed by atoms with Crippen LogP contribution in [0, 0.1) is 11.6 Å². The van der Waals surface area contributed by atoms with Crippen molar-refractivity contribution in [2.45, 2.75) is 13.5 Å². The second-order valence-corrected chi connectivity index (χ2v) is 3.29. The molecular weight excluding hydrogens is 244 g/mol. The summed E-state index contributed by atoms with van der Waals surface area (Å²) in [6, 6.07) is 3.04. The van der Waals surface area contributed by atoms with Gasteiger partial charge in [0.15, 0.2) is 0 Å². The molecule has 1 rings (SSSR count). The van der Waals surface area contributed by atoms with Crippen molar-refractivity contribution in [2.75, 3.05) is 6.61 Å². The summed E-state index contributed by atoms with van der Waals surface area (Å²) in [5, 5.41) is 3.49. The SMILES string of the molecule is CCOC(=O)/C(N)=N/NCc1cc(F)ccc1F. The number of rotatable bonds is 4. The van der Waals surface area contributed by atoms with Gasteiger partial charge in [0.05, 0.1) is 13.2 Å². The molecule has 1 aromatic carbocycles. The quantitative estimate of drug-likeness (QED) is 0.363. The van der Waals surface area contributed by atoms with E-state index in [9.17, 15) is 13.6 Å². The molecule has 0 spiro atoms. The van der Waals surface area contributed by atoms with Crippen LogP contribution in [0.3, 0.4) is 0 Å². The van der Waals surface area contributed by atoms with Crippen LogP contribution in [0.1, 0.15) is 12.5 Å². The van der Waals surface area contributed by atoms with Crippen molar-refractivity contribution in [2.24, 2.45) is 10.8 Å². The number of benzene rings is 1. The Bertz CT molecular complexity index is 464. The molecule has 0 aliphatic heterocycles. The van der Waals surface area contributed by atoms with Crippen molar-refractivity contribution < 1.29 is 18.3 Å². The predicted octanol–water partition coefficient (Wildman–Crippen LogP) is 0.890. The molecule has 0 aliphatic rings. The van der Waals surface area contributed by atoms with E-state index in [0.717, 1.165) is 18.2 Å². The first-order valence-corrected chi connectivity index (χ1v) is 5.21. The maximum absolute atomic E-state index is 13.2. The first-order chi connectivity index (χ1) is 8.54. The number of hydrazone groups is 1. The molecule has 0 saturated carbocycles. The van der Waals surface area contributed by atoms with Crippen molar-refractivity contribution in [1.29, 1.82) is 0 Å². The van der Waals surface area contributed by atoms with Gasteiger partial charge < -0.3 is 15.9 Å². The van der Waals surface area contributed by atoms with Gasteiger partial charge in [-0.2, -0.15) is 5.10 Å². The minimum atomic E-state index is -0.773. The maximum atomic E-state index is 13.2. The van der Waals surface area contributed by atoms with Gasteiger partial charge in [-0.15, -0.1) is 0 Å². The standard InChI is InChI=1S/C11H13F2N3O2/c1-2-18-11(17)10(14)16-15-6-7-5-8(12)3-4-9(7)13/h3-5,15H,2,6H2,1H3,(H2,14,16). The molecule has 0 bridgehead atoms. The van der Waals surface area contributed by atoms with E-state index in [0.29, 0.717) is 0 Å². The number of carbonyl (C=O) groups excluding carboxylic acids is 1. The van der Waals surface area contributed by atoms with Crippen molar-refractivity contribution >= 4 is 11.8 Å². The van der Waals surface area contributed by atoms with Crippen LogP contribution in [0.15, 0.2) is 23.3 Å². The molecule has 7 heteroatoms. The third kappa shape index (κ3) is 4.00. The maximum Gasteiger partial charge on any atom is 0.375 e. The molecule has 0 amide bonds. The number of halogens is 2. The first-order valence-electron chi connectivity index (χ1n) is 5.21. The average molecular weight is 257 g/mol. The summed E-state index contributed by atoms with van der Waals surface area (Å²) in [6.07, 6.45) is 0. The molecule has 0 unspecified atom stereocenters. The van der Waals surface area contributed by atoms with Gasteiger partial charge in [0.1, 0.15) is 11.6 Å². The largest absolute Gasteiger partial charge is 0.460 e. The van der Waals surface area contributed by atoms with Crippen molar-refractivity contribution in [3.63, 3.8) is 0 Å². The summed E-state index contributed by atoms with van der Waals surface area (Å²) < 4.78 is 30.6. The fraction of sp³-hybridized carbons (Fsp3) is 0.273. The van der Waals surface area contributed by atoms with E-state index in [2.05, 4.69) is 15.3 Å². The van der Waals surface area contributed by atoms with Crippen LogP contribution in [0.5, 0.6) is 0 Å². The Balaban J connectivity index is 2.58. The molecule has 0 fully saturated rings. The first kappa shape index (κ1) is 13.9. The summed E-state index contributed by atoms with van der Waals surface area (Å²) in [7, 11) is 0. The van der Waals surface area contributed by atoms with Crippen LogP contribution in [0.4, 0.5) is 8.78 Å². The number of carbonyl (C=O) groups is 1. The van der Waals surface area contributed by atoms with E-state index >= 15 is 0 Å². The summed E-state index contributed by atoms with van der Waals surface area (Å²) >= 11 is 0. The Morgan fingerprint density at radius 2 is 2.22 bits per heavy atom. The Hall–Kier alpha value is -2.18. The Labute approximate surface area is 103 Å². The third-order valence-corrected chi connectivity index (χ3v) is 1.96. The van der Waals surface area contributed by atoms with E-state index in [1.807, 2.05) is 0 Å². The van der Waals surface area contributed by atoms with Crippen LogP contribution < -0.4 is 11.2 Å². The minimum Gasteiger partial charge on any atom is -0.460 e. The van der Waals surface area contributed by atoms with E-state index < -0.39 is 17.6 Å². The topological polar surface area (TPSA) is 76.7 Å². The van der Waals surface area contributed by atoms with Gasteiger partial charge in [-0.1, -0.05) is 0 Å². The molecule has 1 aromatic rings. The normalized spacial score (nSPS) is 11.2. The molecule has 0 aliphatic carbocycles. The highest BCUT2D eigenvalue weighted by Crippen LogP contribution is 2.08. The number of nitrogens with zero attached hydrogens (tertiary/aromatic N) is 1. The Morgan fingerprint density at radius 3 is 2.89 bits per heavy atom. The second kappa shape index (κ2) is 6.53. The van der Waals surface area contributed by atoms with Gasteiger partial charge in [-0.05, 0) is 25.1 Å². The highest BCUT2D eigenvalue weighted by Gasteiger charge is 2.07. The average Bonchev–Trinajstić information content (AvgIpc) is 2.33. The lowest BCUT2D eigenvalue weighted by atomic mass is 10.2. The number of nitrogens with one attached hydrogen (secondary N) is 1. The summed E-state index contributed by atoms with van der Waals surface area (Å²) in [6.45, 7) is 1.71. The lowest BCUT2D eigenvalue weighted by molar-refractivity contribution is -0.135. The molecule has 5 nitrogen and oxygen atoms in total. The van der Waals surface area contributed by atoms with Crippen LogP contribution in [-0.4, -0.2) is 18.4 Å². The van der Waals surface area contributed by atoms with Gasteiger partial charge in [0.2, 0.25) is 5.84 Å². The lowest BCUT2D eigenvalue weighted by Gasteiger charge is -2.04. The number of hydrogen-bond donors (Lipinski definition) is 2. The predicted molar refractivity (Wildman–Crippen MR) is 61.5 cm³/mol. The highest BCUT2D eigenvalue weighted by atomic mass is 19.1. The fourth-order valence-corrected chi connectivity index (χ4v) is 1.14. The molecule has 0 aromatic heterocycles. The number of ether oxygens (including phenoxy) is 1. The molecule has 0 radical (unpaired) electrons. The molecular formula is C11H13F2N3O2. The zero-order chi connectivity index (χ0) is 13.5. The second-order valence-electron chi connectivity index (χ2n) is 3.29. The van der Waals surface area contributed by atoms with E-state index in [-0.39, 0.29) is 24.6 Å². The summed E-state index contributed by atoms with van der Waals surface area (Å²) in [5.74, 6) is -2.29. The Morgan fingerprint density at radius 1 is 1.50 bits per heavy atom. The van der Waals surface area contributed by atoms with E-state index in [4.69, 9.17) is 5.73 Å². The fourth-order valence-electron chi connectivity index (χ4n) is 1.14. The molecule has 0 atom stereocenters. The molecule has 18 heavy (non-hydrogen) atoms. The zero-order valence-electron chi connectivity index (χ0n) is 9.74. The van der Waals surface area contributed by atoms with E-state index in [1.165, 1.54) is 0 Å². The third-order valence-electron chi connectivity index (χ3n) is 1.96. The van der Waals surface area contributed by atoms with Gasteiger partial charge >= 0.3 is 5.97 Å². The summed E-state index contributed by atoms with van der Waals surface area (Å²) in [4.78, 5) is 11.1.